The minimum Gasteiger partial charge on any atom is -0.493 e. The number of hydrogen-bond donors (Lipinski definition) is 0. The molecule has 0 aliphatic carbocycles. The van der Waals surface area contributed by atoms with E-state index in [9.17, 15) is 13.2 Å². The van der Waals surface area contributed by atoms with Crippen LogP contribution in [0.5, 0.6) is 5.75 Å². The summed E-state index contributed by atoms with van der Waals surface area (Å²) in [7, 11) is 0. The Kier molecular flexibility index (Phi) is 4.50. The highest BCUT2D eigenvalue weighted by Crippen LogP contribution is 2.33. The number of alkyl halides is 3. The van der Waals surface area contributed by atoms with Crippen molar-refractivity contribution >= 4 is 0 Å². The van der Waals surface area contributed by atoms with Gasteiger partial charge in [0, 0.05) is 13.2 Å². The zero-order chi connectivity index (χ0) is 14.6. The second-order valence-corrected chi connectivity index (χ2v) is 4.68. The maximum Gasteiger partial charge on any atom is 0.417 e. The first-order valence-corrected chi connectivity index (χ1v) is 6.32. The van der Waals surface area contributed by atoms with Crippen LogP contribution >= 0.6 is 0 Å². The van der Waals surface area contributed by atoms with Gasteiger partial charge in [0.1, 0.15) is 5.75 Å². The molecule has 0 bridgehead atoms. The van der Waals surface area contributed by atoms with Crippen LogP contribution in [-0.4, -0.2) is 19.8 Å². The standard InChI is InChI=1S/C14H14F3NO2/c15-14(16,17)13-2-1-12(7-11(13)8-18)20-9-10-3-5-19-6-4-10/h1-2,7,10H,3-6,9H2. The fourth-order valence-corrected chi connectivity index (χ4v) is 2.08. The lowest BCUT2D eigenvalue weighted by atomic mass is 10.0. The third-order valence-electron chi connectivity index (χ3n) is 3.24. The molecule has 108 valence electrons. The number of benzene rings is 1. The van der Waals surface area contributed by atoms with E-state index in [-0.39, 0.29) is 0 Å². The van der Waals surface area contributed by atoms with Crippen molar-refractivity contribution in [2.75, 3.05) is 19.8 Å². The Bertz CT molecular complexity index is 502. The van der Waals surface area contributed by atoms with Crippen LogP contribution in [0.25, 0.3) is 0 Å². The highest BCUT2D eigenvalue weighted by Gasteiger charge is 2.33. The van der Waals surface area contributed by atoms with Crippen LogP contribution in [0.4, 0.5) is 13.2 Å². The van der Waals surface area contributed by atoms with E-state index < -0.39 is 17.3 Å². The second kappa shape index (κ2) is 6.14. The third-order valence-corrected chi connectivity index (χ3v) is 3.24. The summed E-state index contributed by atoms with van der Waals surface area (Å²) in [6, 6.07) is 4.84. The van der Waals surface area contributed by atoms with E-state index >= 15 is 0 Å². The molecule has 20 heavy (non-hydrogen) atoms. The van der Waals surface area contributed by atoms with E-state index in [0.717, 1.165) is 25.0 Å². The molecule has 0 radical (unpaired) electrons. The fraction of sp³-hybridized carbons (Fsp3) is 0.500. The van der Waals surface area contributed by atoms with E-state index in [2.05, 4.69) is 0 Å². The molecule has 1 heterocycles. The first-order chi connectivity index (χ1) is 9.50. The molecule has 1 aromatic carbocycles. The summed E-state index contributed by atoms with van der Waals surface area (Å²) in [5, 5.41) is 8.80. The van der Waals surface area contributed by atoms with E-state index in [1.165, 1.54) is 6.07 Å². The number of rotatable bonds is 3. The molecule has 0 amide bonds. The van der Waals surface area contributed by atoms with E-state index in [1.54, 1.807) is 6.07 Å². The van der Waals surface area contributed by atoms with Gasteiger partial charge in [-0.25, -0.2) is 0 Å². The van der Waals surface area contributed by atoms with Crippen molar-refractivity contribution in [3.05, 3.63) is 29.3 Å². The fourth-order valence-electron chi connectivity index (χ4n) is 2.08. The molecular weight excluding hydrogens is 271 g/mol. The average molecular weight is 285 g/mol. The van der Waals surface area contributed by atoms with Gasteiger partial charge in [0.2, 0.25) is 0 Å². The quantitative estimate of drug-likeness (QED) is 0.855. The Morgan fingerprint density at radius 3 is 2.60 bits per heavy atom. The number of ether oxygens (including phenoxy) is 2. The molecule has 1 saturated heterocycles. The van der Waals surface area contributed by atoms with Crippen LogP contribution in [0.15, 0.2) is 18.2 Å². The predicted octanol–water partition coefficient (Wildman–Crippen LogP) is 3.38. The van der Waals surface area contributed by atoms with Crippen molar-refractivity contribution in [3.63, 3.8) is 0 Å². The van der Waals surface area contributed by atoms with Crippen molar-refractivity contribution in [2.45, 2.75) is 19.0 Å². The molecule has 0 saturated carbocycles. The van der Waals surface area contributed by atoms with E-state index in [1.807, 2.05) is 0 Å². The summed E-state index contributed by atoms with van der Waals surface area (Å²) in [6.45, 7) is 1.80. The first kappa shape index (κ1) is 14.7. The average Bonchev–Trinajstić information content (AvgIpc) is 2.45. The summed E-state index contributed by atoms with van der Waals surface area (Å²) in [6.07, 6.45) is -2.76. The Hall–Kier alpha value is -1.74. The predicted molar refractivity (Wildman–Crippen MR) is 65.2 cm³/mol. The highest BCUT2D eigenvalue weighted by molar-refractivity contribution is 5.44. The smallest absolute Gasteiger partial charge is 0.417 e. The summed E-state index contributed by atoms with van der Waals surface area (Å²) >= 11 is 0. The molecule has 1 aliphatic heterocycles. The van der Waals surface area contributed by atoms with Crippen LogP contribution < -0.4 is 4.74 Å². The van der Waals surface area contributed by atoms with Crippen molar-refractivity contribution in [2.24, 2.45) is 5.92 Å². The maximum absolute atomic E-state index is 12.6. The summed E-state index contributed by atoms with van der Waals surface area (Å²) in [4.78, 5) is 0. The van der Waals surface area contributed by atoms with Crippen LogP contribution in [0, 0.1) is 17.2 Å². The Balaban J connectivity index is 2.04. The molecule has 0 N–H and O–H groups in total. The molecule has 1 fully saturated rings. The minimum atomic E-state index is -4.52. The SMILES string of the molecule is N#Cc1cc(OCC2CCOCC2)ccc1C(F)(F)F. The molecule has 0 atom stereocenters. The Morgan fingerprint density at radius 1 is 1.30 bits per heavy atom. The lowest BCUT2D eigenvalue weighted by Crippen LogP contribution is -2.21. The largest absolute Gasteiger partial charge is 0.493 e. The minimum absolute atomic E-state index is 0.293. The molecule has 0 unspecified atom stereocenters. The van der Waals surface area contributed by atoms with Gasteiger partial charge in [-0.05, 0) is 37.0 Å². The normalized spacial score (nSPS) is 16.7. The first-order valence-electron chi connectivity index (χ1n) is 6.32. The van der Waals surface area contributed by atoms with Gasteiger partial charge in [-0.15, -0.1) is 0 Å². The molecule has 3 nitrogen and oxygen atoms in total. The molecular formula is C14H14F3NO2. The van der Waals surface area contributed by atoms with E-state index in [4.69, 9.17) is 14.7 Å². The van der Waals surface area contributed by atoms with Crippen LogP contribution in [0.3, 0.4) is 0 Å². The number of nitriles is 1. The lowest BCUT2D eigenvalue weighted by molar-refractivity contribution is -0.137. The van der Waals surface area contributed by atoms with Gasteiger partial charge >= 0.3 is 6.18 Å². The highest BCUT2D eigenvalue weighted by atomic mass is 19.4. The summed E-state index contributed by atoms with van der Waals surface area (Å²) < 4.78 is 48.6. The maximum atomic E-state index is 12.6. The molecule has 1 aromatic rings. The molecule has 1 aliphatic rings. The van der Waals surface area contributed by atoms with Crippen molar-refractivity contribution in [1.29, 1.82) is 5.26 Å². The Labute approximate surface area is 114 Å². The number of halogens is 3. The summed E-state index contributed by atoms with van der Waals surface area (Å²) in [5.41, 5.74) is -1.35. The van der Waals surface area contributed by atoms with Gasteiger partial charge < -0.3 is 9.47 Å². The topological polar surface area (TPSA) is 42.2 Å². The number of hydrogen-bond acceptors (Lipinski definition) is 3. The zero-order valence-corrected chi connectivity index (χ0v) is 10.7. The van der Waals surface area contributed by atoms with Gasteiger partial charge in [0.25, 0.3) is 0 Å². The molecule has 6 heteroatoms. The Morgan fingerprint density at radius 2 is 2.00 bits per heavy atom. The van der Waals surface area contributed by atoms with Crippen molar-refractivity contribution in [3.8, 4) is 11.8 Å². The van der Waals surface area contributed by atoms with Crippen LogP contribution in [-0.2, 0) is 10.9 Å². The van der Waals surface area contributed by atoms with Gasteiger partial charge in [-0.1, -0.05) is 0 Å². The lowest BCUT2D eigenvalue weighted by Gasteiger charge is -2.22. The van der Waals surface area contributed by atoms with Crippen molar-refractivity contribution in [1.82, 2.24) is 0 Å². The van der Waals surface area contributed by atoms with Crippen LogP contribution in [0.2, 0.25) is 0 Å². The van der Waals surface area contributed by atoms with Gasteiger partial charge in [-0.2, -0.15) is 18.4 Å². The molecule has 0 spiro atoms. The molecule has 0 aromatic heterocycles. The third kappa shape index (κ3) is 3.64. The monoisotopic (exact) mass is 285 g/mol. The van der Waals surface area contributed by atoms with Crippen molar-refractivity contribution < 1.29 is 22.6 Å². The second-order valence-electron chi connectivity index (χ2n) is 4.68. The van der Waals surface area contributed by atoms with Gasteiger partial charge in [0.15, 0.2) is 0 Å². The summed E-state index contributed by atoms with van der Waals surface area (Å²) in [5.74, 6) is 0.637. The number of nitrogens with zero attached hydrogens (tertiary/aromatic N) is 1. The van der Waals surface area contributed by atoms with Gasteiger partial charge in [0.05, 0.1) is 23.8 Å². The zero-order valence-electron chi connectivity index (χ0n) is 10.7. The van der Waals surface area contributed by atoms with Crippen LogP contribution in [0.1, 0.15) is 24.0 Å². The van der Waals surface area contributed by atoms with Gasteiger partial charge in [-0.3, -0.25) is 0 Å². The van der Waals surface area contributed by atoms with E-state index in [0.29, 0.717) is 31.5 Å². The molecule has 2 rings (SSSR count).